The second-order valence-electron chi connectivity index (χ2n) is 6.09. The zero-order chi connectivity index (χ0) is 22.8. The molecule has 0 atom stereocenters. The smallest absolute Gasteiger partial charge is 0.325 e. The molecule has 0 saturated carbocycles. The highest BCUT2D eigenvalue weighted by molar-refractivity contribution is 6.31. The number of halogens is 1. The fraction of sp³-hybridized carbons (Fsp3) is 0.364. The molecule has 0 aliphatic carbocycles. The SMILES string of the molecule is CCC.COC(=O)CNC=O.Cc1c(Cl)cc(CCc2ccccc2)nc1N=CN. The molecule has 0 saturated heterocycles. The van der Waals surface area contributed by atoms with Crippen LogP contribution in [-0.4, -0.2) is 37.4 Å². The van der Waals surface area contributed by atoms with Crippen LogP contribution in [0.4, 0.5) is 5.82 Å². The first-order chi connectivity index (χ1) is 14.4. The number of hydrogen-bond donors (Lipinski definition) is 2. The second-order valence-corrected chi connectivity index (χ2v) is 6.50. The number of nitrogens with two attached hydrogens (primary N) is 1. The lowest BCUT2D eigenvalue weighted by Crippen LogP contribution is -2.21. The van der Waals surface area contributed by atoms with Crippen molar-refractivity contribution in [3.63, 3.8) is 0 Å². The summed E-state index contributed by atoms with van der Waals surface area (Å²) in [6.07, 6.45) is 4.69. The largest absolute Gasteiger partial charge is 0.468 e. The Bertz CT molecular complexity index is 783. The van der Waals surface area contributed by atoms with E-state index in [4.69, 9.17) is 17.3 Å². The average molecular weight is 435 g/mol. The zero-order valence-electron chi connectivity index (χ0n) is 18.0. The number of pyridine rings is 1. The first kappa shape index (κ1) is 27.1. The Morgan fingerprint density at radius 3 is 2.43 bits per heavy atom. The number of rotatable bonds is 7. The fourth-order valence-corrected chi connectivity index (χ4v) is 2.26. The summed E-state index contributed by atoms with van der Waals surface area (Å²) in [5.74, 6) is 0.148. The quantitative estimate of drug-likeness (QED) is 0.298. The minimum absolute atomic E-state index is 0.0556. The predicted molar refractivity (Wildman–Crippen MR) is 122 cm³/mol. The van der Waals surface area contributed by atoms with Gasteiger partial charge in [-0.1, -0.05) is 62.2 Å². The molecule has 0 aliphatic heterocycles. The number of ether oxygens (including phenoxy) is 1. The van der Waals surface area contributed by atoms with Crippen molar-refractivity contribution in [3.8, 4) is 0 Å². The van der Waals surface area contributed by atoms with E-state index in [-0.39, 0.29) is 6.54 Å². The van der Waals surface area contributed by atoms with Gasteiger partial charge in [0.15, 0.2) is 5.82 Å². The molecule has 30 heavy (non-hydrogen) atoms. The molecule has 0 spiro atoms. The number of nitrogens with one attached hydrogen (secondary N) is 1. The summed E-state index contributed by atoms with van der Waals surface area (Å²) < 4.78 is 4.19. The third kappa shape index (κ3) is 11.8. The van der Waals surface area contributed by atoms with E-state index >= 15 is 0 Å². The molecule has 3 N–H and O–H groups in total. The van der Waals surface area contributed by atoms with Crippen LogP contribution in [0.25, 0.3) is 0 Å². The van der Waals surface area contributed by atoms with Crippen LogP contribution in [0.2, 0.25) is 5.02 Å². The summed E-state index contributed by atoms with van der Waals surface area (Å²) in [7, 11) is 1.26. The number of amides is 1. The van der Waals surface area contributed by atoms with E-state index < -0.39 is 5.97 Å². The van der Waals surface area contributed by atoms with Crippen LogP contribution in [0.1, 0.15) is 37.1 Å². The van der Waals surface area contributed by atoms with E-state index in [9.17, 15) is 9.59 Å². The van der Waals surface area contributed by atoms with Crippen molar-refractivity contribution in [2.24, 2.45) is 10.7 Å². The highest BCUT2D eigenvalue weighted by atomic mass is 35.5. The number of esters is 1. The van der Waals surface area contributed by atoms with Crippen LogP contribution in [0.15, 0.2) is 41.4 Å². The number of hydrogen-bond acceptors (Lipinski definition) is 5. The van der Waals surface area contributed by atoms with E-state index in [2.05, 4.69) is 46.0 Å². The number of benzene rings is 1. The molecule has 0 fully saturated rings. The van der Waals surface area contributed by atoms with Gasteiger partial charge in [-0.2, -0.15) is 0 Å². The number of nitrogens with zero attached hydrogens (tertiary/aromatic N) is 2. The maximum atomic E-state index is 10.1. The minimum Gasteiger partial charge on any atom is -0.468 e. The fourth-order valence-electron chi connectivity index (χ4n) is 2.05. The van der Waals surface area contributed by atoms with E-state index in [0.29, 0.717) is 17.3 Å². The summed E-state index contributed by atoms with van der Waals surface area (Å²) >= 11 is 6.18. The van der Waals surface area contributed by atoms with E-state index in [1.54, 1.807) is 0 Å². The lowest BCUT2D eigenvalue weighted by Gasteiger charge is -2.07. The molecular formula is C22H31ClN4O3. The molecule has 0 radical (unpaired) electrons. The second kappa shape index (κ2) is 17.0. The van der Waals surface area contributed by atoms with Crippen molar-refractivity contribution in [3.05, 3.63) is 58.2 Å². The molecule has 2 rings (SSSR count). The summed E-state index contributed by atoms with van der Waals surface area (Å²) in [6.45, 7) is 6.08. The van der Waals surface area contributed by atoms with Crippen molar-refractivity contribution >= 4 is 36.1 Å². The van der Waals surface area contributed by atoms with Crippen LogP contribution in [0.3, 0.4) is 0 Å². The molecule has 2 aromatic rings. The topological polar surface area (TPSA) is 107 Å². The molecule has 1 amide bonds. The van der Waals surface area contributed by atoms with Gasteiger partial charge in [-0.3, -0.25) is 9.59 Å². The van der Waals surface area contributed by atoms with Crippen molar-refractivity contribution in [2.75, 3.05) is 13.7 Å². The summed E-state index contributed by atoms with van der Waals surface area (Å²) in [4.78, 5) is 28.1. The summed E-state index contributed by atoms with van der Waals surface area (Å²) in [5.41, 5.74) is 8.39. The third-order valence-corrected chi connectivity index (χ3v) is 3.90. The van der Waals surface area contributed by atoms with Gasteiger partial charge < -0.3 is 15.8 Å². The zero-order valence-corrected chi connectivity index (χ0v) is 18.8. The molecule has 0 unspecified atom stereocenters. The van der Waals surface area contributed by atoms with Gasteiger partial charge in [0, 0.05) is 16.3 Å². The molecule has 1 aromatic heterocycles. The Hall–Kier alpha value is -2.93. The number of aromatic nitrogens is 1. The van der Waals surface area contributed by atoms with Gasteiger partial charge in [-0.05, 0) is 31.4 Å². The Morgan fingerprint density at radius 2 is 1.90 bits per heavy atom. The van der Waals surface area contributed by atoms with Gasteiger partial charge >= 0.3 is 5.97 Å². The Balaban J connectivity index is 0.000000641. The Morgan fingerprint density at radius 1 is 1.27 bits per heavy atom. The summed E-state index contributed by atoms with van der Waals surface area (Å²) in [5, 5.41) is 2.82. The molecule has 8 heteroatoms. The highest BCUT2D eigenvalue weighted by Crippen LogP contribution is 2.25. The lowest BCUT2D eigenvalue weighted by atomic mass is 10.1. The van der Waals surface area contributed by atoms with Crippen molar-refractivity contribution in [1.29, 1.82) is 0 Å². The molecule has 1 heterocycles. The van der Waals surface area contributed by atoms with E-state index in [1.807, 2.05) is 31.2 Å². The summed E-state index contributed by atoms with van der Waals surface area (Å²) in [6, 6.07) is 12.2. The minimum atomic E-state index is -0.447. The van der Waals surface area contributed by atoms with Gasteiger partial charge in [-0.15, -0.1) is 0 Å². The first-order valence-corrected chi connectivity index (χ1v) is 9.99. The van der Waals surface area contributed by atoms with Gasteiger partial charge in [0.05, 0.1) is 13.4 Å². The van der Waals surface area contributed by atoms with E-state index in [0.717, 1.165) is 24.1 Å². The van der Waals surface area contributed by atoms with Crippen LogP contribution >= 0.6 is 11.6 Å². The Kier molecular flexibility index (Phi) is 15.3. The number of methoxy groups -OCH3 is 1. The standard InChI is InChI=1S/C15H16ClN3.C4H7NO3.C3H8/c1-11-14(16)9-13(19-15(11)18-10-17)8-7-12-5-3-2-4-6-12;1-8-4(7)2-5-3-6;1-3-2/h2-6,9-10H,7-8H2,1H3,(H2,17,18,19);3H,2H2,1H3,(H,5,6);3H2,1-2H3. The van der Waals surface area contributed by atoms with Crippen molar-refractivity contribution in [2.45, 2.75) is 40.0 Å². The lowest BCUT2D eigenvalue weighted by molar-refractivity contribution is -0.140. The van der Waals surface area contributed by atoms with Crippen LogP contribution < -0.4 is 11.1 Å². The number of carbonyl (C=O) groups is 2. The Labute approximate surface area is 183 Å². The normalized spacial score (nSPS) is 9.63. The van der Waals surface area contributed by atoms with Crippen LogP contribution in [-0.2, 0) is 27.2 Å². The number of aryl methyl sites for hydroxylation is 2. The van der Waals surface area contributed by atoms with Gasteiger partial charge in [0.25, 0.3) is 0 Å². The van der Waals surface area contributed by atoms with Gasteiger partial charge in [0.2, 0.25) is 6.41 Å². The molecule has 164 valence electrons. The maximum Gasteiger partial charge on any atom is 0.325 e. The highest BCUT2D eigenvalue weighted by Gasteiger charge is 2.07. The molecule has 0 aliphatic rings. The van der Waals surface area contributed by atoms with E-state index in [1.165, 1.54) is 25.4 Å². The molecule has 1 aromatic carbocycles. The molecule has 7 nitrogen and oxygen atoms in total. The number of carbonyl (C=O) groups excluding carboxylic acids is 2. The third-order valence-electron chi connectivity index (χ3n) is 3.50. The van der Waals surface area contributed by atoms with Crippen LogP contribution in [0, 0.1) is 6.92 Å². The van der Waals surface area contributed by atoms with Crippen molar-refractivity contribution < 1.29 is 14.3 Å². The number of aliphatic imine (C=N–C) groups is 1. The van der Waals surface area contributed by atoms with Crippen molar-refractivity contribution in [1.82, 2.24) is 10.3 Å². The van der Waals surface area contributed by atoms with Gasteiger partial charge in [0.1, 0.15) is 6.54 Å². The van der Waals surface area contributed by atoms with Gasteiger partial charge in [-0.25, -0.2) is 9.98 Å². The first-order valence-electron chi connectivity index (χ1n) is 9.61. The predicted octanol–water partition coefficient (Wildman–Crippen LogP) is 3.77. The maximum absolute atomic E-state index is 10.1. The average Bonchev–Trinajstić information content (AvgIpc) is 2.75. The monoisotopic (exact) mass is 434 g/mol. The molecule has 0 bridgehead atoms. The molecular weight excluding hydrogens is 404 g/mol. The van der Waals surface area contributed by atoms with Crippen LogP contribution in [0.5, 0.6) is 0 Å².